The van der Waals surface area contributed by atoms with E-state index in [1.807, 2.05) is 42.3 Å². The maximum atomic E-state index is 12.6. The van der Waals surface area contributed by atoms with Gasteiger partial charge in [-0.15, -0.1) is 0 Å². The second kappa shape index (κ2) is 6.55. The number of carbonyl (C=O) groups excluding carboxylic acids is 1. The molecule has 6 heteroatoms. The van der Waals surface area contributed by atoms with Crippen LogP contribution in [0.2, 0.25) is 0 Å². The van der Waals surface area contributed by atoms with E-state index in [0.717, 1.165) is 29.8 Å². The first-order chi connectivity index (χ1) is 11.5. The van der Waals surface area contributed by atoms with Gasteiger partial charge in [0.2, 0.25) is 0 Å². The summed E-state index contributed by atoms with van der Waals surface area (Å²) >= 11 is 0. The van der Waals surface area contributed by atoms with Crippen LogP contribution in [-0.2, 0) is 7.05 Å². The highest BCUT2D eigenvalue weighted by Crippen LogP contribution is 2.27. The average molecular weight is 328 g/mol. The van der Waals surface area contributed by atoms with Gasteiger partial charge in [-0.05, 0) is 38.8 Å². The zero-order valence-electron chi connectivity index (χ0n) is 14.6. The Balaban J connectivity index is 1.80. The van der Waals surface area contributed by atoms with Crippen molar-refractivity contribution in [1.82, 2.24) is 14.7 Å². The summed E-state index contributed by atoms with van der Waals surface area (Å²) in [6, 6.07) is 10.1. The maximum Gasteiger partial charge on any atom is 0.323 e. The topological polar surface area (TPSA) is 59.4 Å². The first-order valence-corrected chi connectivity index (χ1v) is 8.27. The third-order valence-electron chi connectivity index (χ3n) is 4.67. The number of aryl methyl sites for hydroxylation is 1. The minimum Gasteiger partial charge on any atom is -0.497 e. The Bertz CT molecular complexity index is 730. The van der Waals surface area contributed by atoms with Crippen LogP contribution in [0.3, 0.4) is 0 Å². The number of urea groups is 1. The molecule has 1 aromatic carbocycles. The predicted octanol–water partition coefficient (Wildman–Crippen LogP) is 3.50. The van der Waals surface area contributed by atoms with E-state index in [1.165, 1.54) is 0 Å². The molecule has 128 valence electrons. The lowest BCUT2D eigenvalue weighted by Crippen LogP contribution is -2.41. The molecule has 0 spiro atoms. The Hall–Kier alpha value is -2.50. The number of nitrogens with one attached hydrogen (secondary N) is 1. The van der Waals surface area contributed by atoms with Gasteiger partial charge in [0.15, 0.2) is 0 Å². The monoisotopic (exact) mass is 328 g/mol. The van der Waals surface area contributed by atoms with Crippen molar-refractivity contribution >= 4 is 11.8 Å². The van der Waals surface area contributed by atoms with Crippen LogP contribution in [0.1, 0.15) is 26.7 Å². The zero-order valence-corrected chi connectivity index (χ0v) is 14.6. The van der Waals surface area contributed by atoms with Crippen molar-refractivity contribution in [2.24, 2.45) is 7.05 Å². The largest absolute Gasteiger partial charge is 0.497 e. The predicted molar refractivity (Wildman–Crippen MR) is 94.2 cm³/mol. The molecule has 0 saturated carbocycles. The number of benzene rings is 1. The van der Waals surface area contributed by atoms with Crippen LogP contribution < -0.4 is 10.1 Å². The van der Waals surface area contributed by atoms with Crippen molar-refractivity contribution in [3.63, 3.8) is 0 Å². The molecule has 2 amide bonds. The number of hydrogen-bond acceptors (Lipinski definition) is 3. The molecular weight excluding hydrogens is 304 g/mol. The summed E-state index contributed by atoms with van der Waals surface area (Å²) in [4.78, 5) is 14.5. The number of hydrogen-bond donors (Lipinski definition) is 1. The van der Waals surface area contributed by atoms with Crippen LogP contribution in [0, 0.1) is 0 Å². The molecule has 1 aliphatic rings. The smallest absolute Gasteiger partial charge is 0.323 e. The summed E-state index contributed by atoms with van der Waals surface area (Å²) in [5.74, 6) is 1.47. The van der Waals surface area contributed by atoms with Crippen LogP contribution in [0.15, 0.2) is 30.3 Å². The van der Waals surface area contributed by atoms with Gasteiger partial charge in [-0.2, -0.15) is 5.10 Å². The maximum absolute atomic E-state index is 12.6. The molecule has 1 fully saturated rings. The minimum atomic E-state index is -0.0623. The van der Waals surface area contributed by atoms with Crippen molar-refractivity contribution in [3.8, 4) is 17.0 Å². The number of rotatable bonds is 3. The van der Waals surface area contributed by atoms with Crippen molar-refractivity contribution in [2.75, 3.05) is 12.4 Å². The van der Waals surface area contributed by atoms with Crippen LogP contribution in [0.4, 0.5) is 10.6 Å². The Morgan fingerprint density at radius 2 is 1.96 bits per heavy atom. The van der Waals surface area contributed by atoms with E-state index in [4.69, 9.17) is 4.74 Å². The fraction of sp³-hybridized carbons (Fsp3) is 0.444. The SMILES string of the molecule is COc1cccc(-c2cc(NC(=O)N3C(C)CCC3C)n(C)n2)c1. The quantitative estimate of drug-likeness (QED) is 0.938. The van der Waals surface area contributed by atoms with Gasteiger partial charge in [0.1, 0.15) is 11.6 Å². The van der Waals surface area contributed by atoms with Crippen LogP contribution in [-0.4, -0.2) is 39.9 Å². The van der Waals surface area contributed by atoms with Crippen molar-refractivity contribution in [2.45, 2.75) is 38.8 Å². The van der Waals surface area contributed by atoms with Gasteiger partial charge in [-0.25, -0.2) is 4.79 Å². The van der Waals surface area contributed by atoms with Crippen LogP contribution in [0.5, 0.6) is 5.75 Å². The summed E-state index contributed by atoms with van der Waals surface area (Å²) in [5.41, 5.74) is 1.75. The molecule has 0 radical (unpaired) electrons. The Labute approximate surface area is 142 Å². The number of likely N-dealkylation sites (tertiary alicyclic amines) is 1. The van der Waals surface area contributed by atoms with Gasteiger partial charge in [0.25, 0.3) is 0 Å². The third-order valence-corrected chi connectivity index (χ3v) is 4.67. The summed E-state index contributed by atoms with van der Waals surface area (Å²) in [7, 11) is 3.47. The number of methoxy groups -OCH3 is 1. The number of aromatic nitrogens is 2. The third kappa shape index (κ3) is 3.09. The molecule has 2 aromatic rings. The first-order valence-electron chi connectivity index (χ1n) is 8.27. The molecule has 6 nitrogen and oxygen atoms in total. The second-order valence-corrected chi connectivity index (χ2v) is 6.38. The number of amides is 2. The van der Waals surface area contributed by atoms with E-state index in [9.17, 15) is 4.79 Å². The molecule has 0 bridgehead atoms. The van der Waals surface area contributed by atoms with E-state index in [-0.39, 0.29) is 18.1 Å². The van der Waals surface area contributed by atoms with Gasteiger partial charge in [-0.1, -0.05) is 12.1 Å². The molecule has 24 heavy (non-hydrogen) atoms. The van der Waals surface area contributed by atoms with E-state index >= 15 is 0 Å². The number of carbonyl (C=O) groups is 1. The van der Waals surface area contributed by atoms with Crippen LogP contribution >= 0.6 is 0 Å². The minimum absolute atomic E-state index is 0.0623. The Kier molecular flexibility index (Phi) is 4.46. The highest BCUT2D eigenvalue weighted by molar-refractivity contribution is 5.89. The van der Waals surface area contributed by atoms with E-state index in [0.29, 0.717) is 5.82 Å². The molecule has 1 aromatic heterocycles. The molecule has 1 N–H and O–H groups in total. The van der Waals surface area contributed by atoms with Gasteiger partial charge in [0.05, 0.1) is 12.8 Å². The fourth-order valence-corrected chi connectivity index (χ4v) is 3.28. The molecule has 2 atom stereocenters. The number of ether oxygens (including phenoxy) is 1. The summed E-state index contributed by atoms with van der Waals surface area (Å²) in [6.07, 6.45) is 2.10. The van der Waals surface area contributed by atoms with Gasteiger partial charge < -0.3 is 9.64 Å². The van der Waals surface area contributed by atoms with E-state index < -0.39 is 0 Å². The molecule has 1 saturated heterocycles. The molecule has 1 aliphatic heterocycles. The number of nitrogens with zero attached hydrogens (tertiary/aromatic N) is 3. The van der Waals surface area contributed by atoms with Crippen molar-refractivity contribution < 1.29 is 9.53 Å². The van der Waals surface area contributed by atoms with Crippen molar-refractivity contribution in [3.05, 3.63) is 30.3 Å². The van der Waals surface area contributed by atoms with Crippen LogP contribution in [0.25, 0.3) is 11.3 Å². The normalized spacial score (nSPS) is 20.2. The molecule has 2 unspecified atom stereocenters. The lowest BCUT2D eigenvalue weighted by molar-refractivity contribution is 0.194. The Morgan fingerprint density at radius 3 is 2.62 bits per heavy atom. The summed E-state index contributed by atoms with van der Waals surface area (Å²) in [6.45, 7) is 4.18. The highest BCUT2D eigenvalue weighted by atomic mass is 16.5. The van der Waals surface area contributed by atoms with Gasteiger partial charge in [-0.3, -0.25) is 10.00 Å². The molecule has 2 heterocycles. The fourth-order valence-electron chi connectivity index (χ4n) is 3.28. The number of anilines is 1. The summed E-state index contributed by atoms with van der Waals surface area (Å²) in [5, 5.41) is 7.49. The lowest BCUT2D eigenvalue weighted by Gasteiger charge is -2.26. The van der Waals surface area contributed by atoms with E-state index in [1.54, 1.807) is 11.8 Å². The molecule has 3 rings (SSSR count). The zero-order chi connectivity index (χ0) is 17.3. The standard InChI is InChI=1S/C18H24N4O2/c1-12-8-9-13(2)22(12)18(23)19-17-11-16(20-21(17)3)14-6-5-7-15(10-14)24-4/h5-7,10-13H,8-9H2,1-4H3,(H,19,23). The second-order valence-electron chi connectivity index (χ2n) is 6.38. The van der Waals surface area contributed by atoms with Gasteiger partial charge >= 0.3 is 6.03 Å². The Morgan fingerprint density at radius 1 is 1.25 bits per heavy atom. The van der Waals surface area contributed by atoms with Crippen molar-refractivity contribution in [1.29, 1.82) is 0 Å². The van der Waals surface area contributed by atoms with Gasteiger partial charge in [0, 0.05) is 30.8 Å². The highest BCUT2D eigenvalue weighted by Gasteiger charge is 2.31. The van der Waals surface area contributed by atoms with E-state index in [2.05, 4.69) is 24.3 Å². The lowest BCUT2D eigenvalue weighted by atomic mass is 10.1. The first kappa shape index (κ1) is 16.4. The average Bonchev–Trinajstić information content (AvgIpc) is 3.10. The summed E-state index contributed by atoms with van der Waals surface area (Å²) < 4.78 is 6.95. The molecule has 0 aliphatic carbocycles. The molecular formula is C18H24N4O2.